The molecule has 0 heterocycles. The monoisotopic (exact) mass is 600 g/mol. The zero-order valence-electron chi connectivity index (χ0n) is 27.8. The third-order valence-electron chi connectivity index (χ3n) is 12.9. The van der Waals surface area contributed by atoms with Crippen molar-refractivity contribution in [2.45, 2.75) is 144 Å². The second-order valence-corrected chi connectivity index (χ2v) is 16.2. The van der Waals surface area contributed by atoms with E-state index in [4.69, 9.17) is 9.84 Å². The van der Waals surface area contributed by atoms with Crippen molar-refractivity contribution < 1.29 is 34.4 Å². The lowest BCUT2D eigenvalue weighted by Crippen LogP contribution is -2.56. The number of hydrogen-bond donors (Lipinski definition) is 3. The molecule has 4 aliphatic rings. The van der Waals surface area contributed by atoms with Gasteiger partial charge < -0.3 is 20.1 Å². The first kappa shape index (κ1) is 33.7. The van der Waals surface area contributed by atoms with Crippen LogP contribution in [-0.4, -0.2) is 44.9 Å². The Labute approximate surface area is 258 Å². The quantitative estimate of drug-likeness (QED) is 0.173. The van der Waals surface area contributed by atoms with E-state index in [9.17, 15) is 24.6 Å². The fourth-order valence-corrected chi connectivity index (χ4v) is 10.5. The average Bonchev–Trinajstić information content (AvgIpc) is 3.13. The molecule has 0 bridgehead atoms. The van der Waals surface area contributed by atoms with Crippen LogP contribution in [0.2, 0.25) is 0 Å². The van der Waals surface area contributed by atoms with Crippen LogP contribution in [0.5, 0.6) is 0 Å². The third kappa shape index (κ3) is 5.96. The fraction of sp³-hybridized carbons (Fsp3) is 0.806. The van der Waals surface area contributed by atoms with Crippen LogP contribution < -0.4 is 0 Å². The maximum Gasteiger partial charge on any atom is 0.309 e. The summed E-state index contributed by atoms with van der Waals surface area (Å²) in [5, 5.41) is 29.9. The van der Waals surface area contributed by atoms with E-state index in [1.165, 1.54) is 12.5 Å². The van der Waals surface area contributed by atoms with E-state index in [1.54, 1.807) is 11.1 Å². The zero-order valence-corrected chi connectivity index (χ0v) is 27.8. The number of rotatable bonds is 10. The number of carboxylic acid groups (broad SMARTS) is 2. The normalized spacial score (nSPS) is 36.8. The van der Waals surface area contributed by atoms with Crippen molar-refractivity contribution in [1.82, 2.24) is 0 Å². The molecule has 2 fully saturated rings. The summed E-state index contributed by atoms with van der Waals surface area (Å²) >= 11 is 0. The van der Waals surface area contributed by atoms with E-state index in [1.807, 2.05) is 0 Å². The summed E-state index contributed by atoms with van der Waals surface area (Å²) in [7, 11) is 0. The highest BCUT2D eigenvalue weighted by molar-refractivity contribution is 5.74. The van der Waals surface area contributed by atoms with Crippen molar-refractivity contribution in [2.24, 2.45) is 39.4 Å². The van der Waals surface area contributed by atoms with Gasteiger partial charge in [-0.2, -0.15) is 0 Å². The van der Waals surface area contributed by atoms with Crippen LogP contribution in [0.4, 0.5) is 0 Å². The largest absolute Gasteiger partial charge is 0.481 e. The first-order valence-corrected chi connectivity index (χ1v) is 16.5. The van der Waals surface area contributed by atoms with E-state index < -0.39 is 29.9 Å². The molecule has 4 rings (SSSR count). The van der Waals surface area contributed by atoms with E-state index in [-0.39, 0.29) is 46.0 Å². The molecule has 8 atom stereocenters. The molecule has 0 aromatic carbocycles. The lowest BCUT2D eigenvalue weighted by molar-refractivity contribution is -0.174. The van der Waals surface area contributed by atoms with Gasteiger partial charge in [0.15, 0.2) is 0 Å². The minimum absolute atomic E-state index is 0.00708. The standard InChI is InChI=1S/C36H56O7/c1-22(2)10-9-11-23(31(40)41)24-14-18-36(8)26-12-13-27-32(3,4)28(43-30(39)21-33(5,42)20-29(37)38)16-17-34(27,6)25(26)15-19-35(24,36)7/h10,23-24,27-28,42H,9,11-21H2,1-8H3,(H,37,38)(H,40,41)/t23-,24-,27+,28-,33?,34-,35-,36+/m1/s1. The fourth-order valence-electron chi connectivity index (χ4n) is 10.5. The molecule has 4 aliphatic carbocycles. The summed E-state index contributed by atoms with van der Waals surface area (Å²) in [5.41, 5.74) is 2.43. The predicted octanol–water partition coefficient (Wildman–Crippen LogP) is 7.71. The van der Waals surface area contributed by atoms with Crippen molar-refractivity contribution in [1.29, 1.82) is 0 Å². The van der Waals surface area contributed by atoms with Gasteiger partial charge in [0.05, 0.1) is 24.4 Å². The van der Waals surface area contributed by atoms with Crippen molar-refractivity contribution in [3.63, 3.8) is 0 Å². The number of esters is 1. The van der Waals surface area contributed by atoms with E-state index in [0.29, 0.717) is 12.3 Å². The van der Waals surface area contributed by atoms with Crippen molar-refractivity contribution in [2.75, 3.05) is 0 Å². The van der Waals surface area contributed by atoms with Crippen LogP contribution in [-0.2, 0) is 19.1 Å². The third-order valence-corrected chi connectivity index (χ3v) is 12.9. The van der Waals surface area contributed by atoms with Gasteiger partial charge in [0.25, 0.3) is 0 Å². The lowest BCUT2D eigenvalue weighted by Gasteiger charge is -2.62. The molecule has 242 valence electrons. The highest BCUT2D eigenvalue weighted by Gasteiger charge is 2.64. The first-order valence-electron chi connectivity index (χ1n) is 16.5. The SMILES string of the molecule is CC(C)=CCC[C@@H](C(=O)O)[C@H]1CC[C@@]2(C)C3=C(CC[C@]12C)[C@@]1(C)CC[C@@H](OC(=O)CC(C)(O)CC(=O)O)C(C)(C)[C@@H]1CC3. The second kappa shape index (κ2) is 11.7. The molecule has 3 N–H and O–H groups in total. The summed E-state index contributed by atoms with van der Waals surface area (Å²) in [4.78, 5) is 36.6. The highest BCUT2D eigenvalue weighted by atomic mass is 16.5. The van der Waals surface area contributed by atoms with Crippen molar-refractivity contribution >= 4 is 17.9 Å². The number of aliphatic carboxylic acids is 2. The molecule has 0 saturated heterocycles. The van der Waals surface area contributed by atoms with Crippen LogP contribution in [0.25, 0.3) is 0 Å². The molecule has 0 radical (unpaired) electrons. The van der Waals surface area contributed by atoms with Gasteiger partial charge in [0.2, 0.25) is 0 Å². The van der Waals surface area contributed by atoms with Crippen LogP contribution >= 0.6 is 0 Å². The number of aliphatic hydroxyl groups is 1. The summed E-state index contributed by atoms with van der Waals surface area (Å²) in [6.07, 6.45) is 10.2. The first-order chi connectivity index (χ1) is 19.8. The molecule has 0 aliphatic heterocycles. The molecule has 0 aromatic rings. The van der Waals surface area contributed by atoms with Crippen LogP contribution in [0.15, 0.2) is 22.8 Å². The minimum Gasteiger partial charge on any atom is -0.481 e. The molecule has 43 heavy (non-hydrogen) atoms. The number of fused-ring (bicyclic) bond motifs is 4. The Morgan fingerprint density at radius 3 is 2.23 bits per heavy atom. The van der Waals surface area contributed by atoms with Crippen molar-refractivity contribution in [3.05, 3.63) is 22.8 Å². The highest BCUT2D eigenvalue weighted by Crippen LogP contribution is 2.72. The van der Waals surface area contributed by atoms with Crippen molar-refractivity contribution in [3.8, 4) is 0 Å². The molecule has 0 spiro atoms. The number of carboxylic acids is 2. The Balaban J connectivity index is 1.57. The van der Waals surface area contributed by atoms with Gasteiger partial charge in [0, 0.05) is 5.41 Å². The van der Waals surface area contributed by atoms with Gasteiger partial charge in [0.1, 0.15) is 6.10 Å². The summed E-state index contributed by atoms with van der Waals surface area (Å²) in [6, 6.07) is 0. The van der Waals surface area contributed by atoms with Gasteiger partial charge in [-0.3, -0.25) is 14.4 Å². The molecule has 0 aromatic heterocycles. The van der Waals surface area contributed by atoms with E-state index in [0.717, 1.165) is 57.8 Å². The molecular weight excluding hydrogens is 544 g/mol. The molecule has 2 saturated carbocycles. The number of carbonyl (C=O) groups is 3. The van der Waals surface area contributed by atoms with Crippen LogP contribution in [0.1, 0.15) is 132 Å². The Bertz CT molecular complexity index is 1190. The Hall–Kier alpha value is -2.15. The van der Waals surface area contributed by atoms with Gasteiger partial charge in [-0.1, -0.05) is 57.4 Å². The summed E-state index contributed by atoms with van der Waals surface area (Å²) in [5.74, 6) is -2.16. The average molecular weight is 601 g/mol. The molecule has 7 heteroatoms. The minimum atomic E-state index is -1.64. The van der Waals surface area contributed by atoms with Gasteiger partial charge in [-0.15, -0.1) is 0 Å². The number of allylic oxidation sites excluding steroid dienone is 4. The number of ether oxygens (including phenoxy) is 1. The number of carbonyl (C=O) groups excluding carboxylic acids is 1. The van der Waals surface area contributed by atoms with E-state index in [2.05, 4.69) is 54.5 Å². The number of hydrogen-bond acceptors (Lipinski definition) is 5. The smallest absolute Gasteiger partial charge is 0.309 e. The maximum atomic E-state index is 12.9. The van der Waals surface area contributed by atoms with E-state index >= 15 is 0 Å². The Morgan fingerprint density at radius 1 is 0.953 bits per heavy atom. The molecule has 0 amide bonds. The van der Waals surface area contributed by atoms with Crippen LogP contribution in [0, 0.1) is 39.4 Å². The Morgan fingerprint density at radius 2 is 1.63 bits per heavy atom. The van der Waals surface area contributed by atoms with Gasteiger partial charge in [-0.25, -0.2) is 0 Å². The predicted molar refractivity (Wildman–Crippen MR) is 166 cm³/mol. The van der Waals surface area contributed by atoms with Crippen LogP contribution in [0.3, 0.4) is 0 Å². The van der Waals surface area contributed by atoms with Gasteiger partial charge >= 0.3 is 17.9 Å². The molecule has 7 nitrogen and oxygen atoms in total. The molecule has 1 unspecified atom stereocenters. The molecular formula is C36H56O7. The Kier molecular flexibility index (Phi) is 9.14. The zero-order chi connectivity index (χ0) is 32.2. The topological polar surface area (TPSA) is 121 Å². The second-order valence-electron chi connectivity index (χ2n) is 16.2. The summed E-state index contributed by atoms with van der Waals surface area (Å²) in [6.45, 7) is 17.2. The summed E-state index contributed by atoms with van der Waals surface area (Å²) < 4.78 is 6.00. The lowest BCUT2D eigenvalue weighted by atomic mass is 9.43. The maximum absolute atomic E-state index is 12.9. The van der Waals surface area contributed by atoms with Gasteiger partial charge in [-0.05, 0) is 113 Å².